The van der Waals surface area contributed by atoms with Gasteiger partial charge < -0.3 is 9.88 Å². The van der Waals surface area contributed by atoms with E-state index in [0.29, 0.717) is 11.6 Å². The molecule has 128 valence electrons. The van der Waals surface area contributed by atoms with Gasteiger partial charge in [-0.1, -0.05) is 18.2 Å². The van der Waals surface area contributed by atoms with Gasteiger partial charge in [0.15, 0.2) is 5.78 Å². The number of halogens is 1. The number of nitrogens with one attached hydrogen (secondary N) is 1. The zero-order valence-corrected chi connectivity index (χ0v) is 14.1. The van der Waals surface area contributed by atoms with Gasteiger partial charge in [-0.25, -0.2) is 9.37 Å². The molecule has 1 aliphatic rings. The van der Waals surface area contributed by atoms with Crippen LogP contribution < -0.4 is 4.90 Å². The van der Waals surface area contributed by atoms with E-state index in [-0.39, 0.29) is 11.3 Å². The van der Waals surface area contributed by atoms with E-state index in [1.807, 2.05) is 30.3 Å². The van der Waals surface area contributed by atoms with Gasteiger partial charge in [0.1, 0.15) is 11.6 Å². The van der Waals surface area contributed by atoms with Crippen molar-refractivity contribution < 1.29 is 9.18 Å². The number of H-pyrrole nitrogens is 1. The van der Waals surface area contributed by atoms with Gasteiger partial charge in [0.05, 0.1) is 22.3 Å². The van der Waals surface area contributed by atoms with Crippen molar-refractivity contribution in [1.82, 2.24) is 9.97 Å². The molecule has 4 rings (SSSR count). The molecule has 1 saturated heterocycles. The van der Waals surface area contributed by atoms with E-state index in [0.717, 1.165) is 42.8 Å². The van der Waals surface area contributed by atoms with Crippen molar-refractivity contribution >= 4 is 22.5 Å². The Balaban J connectivity index is 1.54. The van der Waals surface area contributed by atoms with Crippen LogP contribution in [-0.4, -0.2) is 28.8 Å². The summed E-state index contributed by atoms with van der Waals surface area (Å²) >= 11 is 0. The van der Waals surface area contributed by atoms with E-state index in [9.17, 15) is 9.18 Å². The fraction of sp³-hybridized carbons (Fsp3) is 0.300. The highest BCUT2D eigenvalue weighted by Crippen LogP contribution is 2.32. The number of nitrogens with zero attached hydrogens (tertiary/aromatic N) is 2. The van der Waals surface area contributed by atoms with Crippen LogP contribution in [0.15, 0.2) is 42.5 Å². The second-order valence-corrected chi connectivity index (χ2v) is 6.59. The molecule has 1 aromatic heterocycles. The van der Waals surface area contributed by atoms with Crippen LogP contribution in [0.5, 0.6) is 0 Å². The first-order valence-electron chi connectivity index (χ1n) is 8.62. The van der Waals surface area contributed by atoms with E-state index >= 15 is 0 Å². The third-order valence-corrected chi connectivity index (χ3v) is 4.97. The van der Waals surface area contributed by atoms with Gasteiger partial charge in [0.2, 0.25) is 0 Å². The summed E-state index contributed by atoms with van der Waals surface area (Å²) in [4.78, 5) is 22.1. The number of carbonyl (C=O) groups excluding carboxylic acids is 1. The Hall–Kier alpha value is -2.69. The molecule has 0 saturated carbocycles. The summed E-state index contributed by atoms with van der Waals surface area (Å²) in [5, 5.41) is 0. The maximum absolute atomic E-state index is 14.1. The normalized spacial score (nSPS) is 15.7. The Morgan fingerprint density at radius 3 is 2.64 bits per heavy atom. The number of benzene rings is 2. The zero-order chi connectivity index (χ0) is 17.4. The standard InChI is InChI=1S/C20H20FN3O/c1-13(25)19-15(21)5-4-8-18(19)24-11-9-14(10-12-24)20-22-16-6-2-3-7-17(16)23-20/h2-8,14H,9-12H2,1H3,(H,22,23). The molecular weight excluding hydrogens is 317 g/mol. The number of hydrogen-bond acceptors (Lipinski definition) is 3. The number of aromatic amines is 1. The van der Waals surface area contributed by atoms with Gasteiger partial charge in [-0.2, -0.15) is 0 Å². The first kappa shape index (κ1) is 15.8. The van der Waals surface area contributed by atoms with Crippen molar-refractivity contribution in [1.29, 1.82) is 0 Å². The van der Waals surface area contributed by atoms with E-state index in [1.54, 1.807) is 6.07 Å². The minimum Gasteiger partial charge on any atom is -0.371 e. The minimum absolute atomic E-state index is 0.199. The maximum Gasteiger partial charge on any atom is 0.164 e. The maximum atomic E-state index is 14.1. The molecule has 5 heteroatoms. The summed E-state index contributed by atoms with van der Waals surface area (Å²) in [7, 11) is 0. The van der Waals surface area contributed by atoms with Crippen molar-refractivity contribution in [3.63, 3.8) is 0 Å². The Kier molecular flexibility index (Phi) is 3.99. The molecule has 0 radical (unpaired) electrons. The number of aromatic nitrogens is 2. The van der Waals surface area contributed by atoms with E-state index in [4.69, 9.17) is 4.98 Å². The Morgan fingerprint density at radius 2 is 1.92 bits per heavy atom. The molecule has 3 aromatic rings. The summed E-state index contributed by atoms with van der Waals surface area (Å²) in [6.07, 6.45) is 1.85. The van der Waals surface area contributed by atoms with Crippen molar-refractivity contribution in [2.75, 3.05) is 18.0 Å². The number of imidazole rings is 1. The Morgan fingerprint density at radius 1 is 1.16 bits per heavy atom. The Labute approximate surface area is 145 Å². The molecule has 0 atom stereocenters. The van der Waals surface area contributed by atoms with Gasteiger partial charge >= 0.3 is 0 Å². The van der Waals surface area contributed by atoms with Crippen LogP contribution in [0.1, 0.15) is 41.9 Å². The predicted molar refractivity (Wildman–Crippen MR) is 96.7 cm³/mol. The van der Waals surface area contributed by atoms with Crippen molar-refractivity contribution in [3.05, 3.63) is 59.7 Å². The number of para-hydroxylation sites is 2. The van der Waals surface area contributed by atoms with Gasteiger partial charge in [-0.15, -0.1) is 0 Å². The SMILES string of the molecule is CC(=O)c1c(F)cccc1N1CCC(c2nc3ccccc3[nH]2)CC1. The molecule has 0 spiro atoms. The molecule has 0 aliphatic carbocycles. The molecule has 0 amide bonds. The topological polar surface area (TPSA) is 49.0 Å². The van der Waals surface area contributed by atoms with Gasteiger partial charge in [-0.3, -0.25) is 4.79 Å². The first-order valence-corrected chi connectivity index (χ1v) is 8.62. The number of rotatable bonds is 3. The third-order valence-electron chi connectivity index (χ3n) is 4.97. The number of carbonyl (C=O) groups is 1. The van der Waals surface area contributed by atoms with Gasteiger partial charge in [0.25, 0.3) is 0 Å². The monoisotopic (exact) mass is 337 g/mol. The summed E-state index contributed by atoms with van der Waals surface area (Å²) < 4.78 is 14.1. The summed E-state index contributed by atoms with van der Waals surface area (Å²) in [5.74, 6) is 0.710. The lowest BCUT2D eigenvalue weighted by molar-refractivity contribution is 0.101. The number of ketones is 1. The summed E-state index contributed by atoms with van der Waals surface area (Å²) in [6, 6.07) is 12.9. The molecule has 1 fully saturated rings. The van der Waals surface area contributed by atoms with Crippen molar-refractivity contribution in [2.24, 2.45) is 0 Å². The van der Waals surface area contributed by atoms with E-state index in [2.05, 4.69) is 9.88 Å². The number of Topliss-reactive ketones (excluding diaryl/α,β-unsaturated/α-hetero) is 1. The number of piperidine rings is 1. The fourth-order valence-electron chi connectivity index (χ4n) is 3.68. The summed E-state index contributed by atoms with van der Waals surface area (Å²) in [5.41, 5.74) is 2.95. The molecule has 2 heterocycles. The first-order chi connectivity index (χ1) is 12.1. The van der Waals surface area contributed by atoms with Gasteiger partial charge in [0, 0.05) is 19.0 Å². The predicted octanol–water partition coefficient (Wildman–Crippen LogP) is 4.29. The lowest BCUT2D eigenvalue weighted by atomic mass is 9.95. The van der Waals surface area contributed by atoms with E-state index < -0.39 is 5.82 Å². The minimum atomic E-state index is -0.440. The molecule has 4 nitrogen and oxygen atoms in total. The van der Waals surface area contributed by atoms with Crippen molar-refractivity contribution in [3.8, 4) is 0 Å². The van der Waals surface area contributed by atoms with Crippen LogP contribution in [-0.2, 0) is 0 Å². The second-order valence-electron chi connectivity index (χ2n) is 6.59. The zero-order valence-electron chi connectivity index (χ0n) is 14.1. The van der Waals surface area contributed by atoms with Crippen LogP contribution in [0.2, 0.25) is 0 Å². The number of fused-ring (bicyclic) bond motifs is 1. The fourth-order valence-corrected chi connectivity index (χ4v) is 3.68. The smallest absolute Gasteiger partial charge is 0.164 e. The second kappa shape index (κ2) is 6.31. The van der Waals surface area contributed by atoms with Crippen LogP contribution >= 0.6 is 0 Å². The van der Waals surface area contributed by atoms with Crippen LogP contribution in [0, 0.1) is 5.82 Å². The largest absolute Gasteiger partial charge is 0.371 e. The molecule has 1 N–H and O–H groups in total. The highest BCUT2D eigenvalue weighted by Gasteiger charge is 2.26. The molecule has 2 aromatic carbocycles. The number of anilines is 1. The highest BCUT2D eigenvalue weighted by molar-refractivity contribution is 6.00. The molecular formula is C20H20FN3O. The van der Waals surface area contributed by atoms with E-state index in [1.165, 1.54) is 13.0 Å². The summed E-state index contributed by atoms with van der Waals surface area (Å²) in [6.45, 7) is 2.99. The molecule has 25 heavy (non-hydrogen) atoms. The molecule has 0 unspecified atom stereocenters. The molecule has 0 bridgehead atoms. The lowest BCUT2D eigenvalue weighted by Gasteiger charge is -2.33. The van der Waals surface area contributed by atoms with Gasteiger partial charge in [-0.05, 0) is 44.0 Å². The molecule has 1 aliphatic heterocycles. The van der Waals surface area contributed by atoms with Crippen LogP contribution in [0.25, 0.3) is 11.0 Å². The lowest BCUT2D eigenvalue weighted by Crippen LogP contribution is -2.34. The highest BCUT2D eigenvalue weighted by atomic mass is 19.1. The average Bonchev–Trinajstić information content (AvgIpc) is 3.05. The Bertz CT molecular complexity index is 893. The average molecular weight is 337 g/mol. The van der Waals surface area contributed by atoms with Crippen LogP contribution in [0.3, 0.4) is 0 Å². The van der Waals surface area contributed by atoms with Crippen molar-refractivity contribution in [2.45, 2.75) is 25.7 Å². The quantitative estimate of drug-likeness (QED) is 0.725. The van der Waals surface area contributed by atoms with Crippen LogP contribution in [0.4, 0.5) is 10.1 Å². The number of hydrogen-bond donors (Lipinski definition) is 1. The third kappa shape index (κ3) is 2.90.